The Morgan fingerprint density at radius 1 is 1.17 bits per heavy atom. The van der Waals surface area contributed by atoms with E-state index in [0.717, 1.165) is 11.4 Å². The second-order valence-corrected chi connectivity index (χ2v) is 6.02. The number of carbonyl (C=O) groups is 1. The second-order valence-electron chi connectivity index (χ2n) is 5.61. The molecule has 2 N–H and O–H groups in total. The molecule has 0 aromatic heterocycles. The van der Waals surface area contributed by atoms with Crippen LogP contribution in [-0.4, -0.2) is 19.1 Å². The number of anilines is 2. The minimum absolute atomic E-state index is 0.152. The maximum Gasteiger partial charge on any atom is 0.243 e. The van der Waals surface area contributed by atoms with Crippen LogP contribution in [0.15, 0.2) is 48.5 Å². The molecule has 122 valence electrons. The van der Waals surface area contributed by atoms with Crippen LogP contribution in [0.5, 0.6) is 5.75 Å². The van der Waals surface area contributed by atoms with Gasteiger partial charge in [0.1, 0.15) is 5.75 Å². The lowest BCUT2D eigenvalue weighted by atomic mass is 10.2. The number of para-hydroxylation sites is 1. The Balaban J connectivity index is 1.86. The van der Waals surface area contributed by atoms with Gasteiger partial charge in [0, 0.05) is 11.8 Å². The zero-order valence-corrected chi connectivity index (χ0v) is 14.1. The molecule has 4 nitrogen and oxygen atoms in total. The van der Waals surface area contributed by atoms with E-state index in [4.69, 9.17) is 16.3 Å². The van der Waals surface area contributed by atoms with Crippen LogP contribution < -0.4 is 15.4 Å². The first-order valence-corrected chi connectivity index (χ1v) is 7.93. The second kappa shape index (κ2) is 8.44. The molecule has 2 rings (SSSR count). The summed E-state index contributed by atoms with van der Waals surface area (Å²) in [4.78, 5) is 12.0. The van der Waals surface area contributed by atoms with Gasteiger partial charge in [0.25, 0.3) is 0 Å². The van der Waals surface area contributed by atoms with Crippen LogP contribution in [0, 0.1) is 5.92 Å². The number of carbonyl (C=O) groups excluding carboxylic acids is 1. The molecule has 0 aliphatic carbocycles. The number of nitrogens with one attached hydrogen (secondary N) is 2. The molecular formula is C18H21ClN2O2. The Labute approximate surface area is 141 Å². The van der Waals surface area contributed by atoms with E-state index in [0.29, 0.717) is 23.2 Å². The predicted octanol–water partition coefficient (Wildman–Crippen LogP) is 4.43. The monoisotopic (exact) mass is 332 g/mol. The van der Waals surface area contributed by atoms with E-state index in [2.05, 4.69) is 24.5 Å². The van der Waals surface area contributed by atoms with Crippen molar-refractivity contribution < 1.29 is 9.53 Å². The lowest BCUT2D eigenvalue weighted by Crippen LogP contribution is -2.21. The lowest BCUT2D eigenvalue weighted by molar-refractivity contribution is -0.114. The van der Waals surface area contributed by atoms with Crippen LogP contribution in [0.3, 0.4) is 0 Å². The molecular weight excluding hydrogens is 312 g/mol. The van der Waals surface area contributed by atoms with E-state index in [1.165, 1.54) is 0 Å². The van der Waals surface area contributed by atoms with Crippen molar-refractivity contribution in [2.24, 2.45) is 5.92 Å². The molecule has 0 atom stereocenters. The van der Waals surface area contributed by atoms with Crippen molar-refractivity contribution in [1.82, 2.24) is 0 Å². The van der Waals surface area contributed by atoms with Crippen LogP contribution in [0.4, 0.5) is 11.4 Å². The Hall–Kier alpha value is -2.20. The molecule has 1 amide bonds. The van der Waals surface area contributed by atoms with Gasteiger partial charge in [-0.2, -0.15) is 0 Å². The summed E-state index contributed by atoms with van der Waals surface area (Å²) in [6, 6.07) is 14.7. The van der Waals surface area contributed by atoms with Gasteiger partial charge < -0.3 is 15.4 Å². The third-order valence-electron chi connectivity index (χ3n) is 3.02. The van der Waals surface area contributed by atoms with Gasteiger partial charge in [-0.25, -0.2) is 0 Å². The summed E-state index contributed by atoms with van der Waals surface area (Å²) in [7, 11) is 0. The Morgan fingerprint density at radius 3 is 2.70 bits per heavy atom. The minimum atomic E-state index is -0.161. The summed E-state index contributed by atoms with van der Waals surface area (Å²) in [5.74, 6) is 1.09. The van der Waals surface area contributed by atoms with E-state index in [1.807, 2.05) is 36.4 Å². The molecule has 0 heterocycles. The number of benzene rings is 2. The smallest absolute Gasteiger partial charge is 0.243 e. The number of ether oxygens (including phenoxy) is 1. The van der Waals surface area contributed by atoms with Gasteiger partial charge in [0.2, 0.25) is 5.91 Å². The highest BCUT2D eigenvalue weighted by Gasteiger charge is 2.05. The van der Waals surface area contributed by atoms with Crippen molar-refractivity contribution in [2.45, 2.75) is 13.8 Å². The fourth-order valence-corrected chi connectivity index (χ4v) is 2.08. The summed E-state index contributed by atoms with van der Waals surface area (Å²) in [6.45, 7) is 5.01. The fraction of sp³-hybridized carbons (Fsp3) is 0.278. The van der Waals surface area contributed by atoms with Crippen LogP contribution in [0.1, 0.15) is 13.8 Å². The molecule has 0 aliphatic heterocycles. The Morgan fingerprint density at radius 2 is 1.96 bits per heavy atom. The van der Waals surface area contributed by atoms with Gasteiger partial charge in [-0.05, 0) is 30.2 Å². The molecule has 0 aliphatic rings. The fourth-order valence-electron chi connectivity index (χ4n) is 1.90. The van der Waals surface area contributed by atoms with E-state index in [1.54, 1.807) is 12.1 Å². The standard InChI is InChI=1S/C18H21ClN2O2/c1-13(2)12-23-15-7-5-6-14(10-15)20-11-18(22)21-17-9-4-3-8-16(17)19/h3-10,13,20H,11-12H2,1-2H3,(H,21,22). The van der Waals surface area contributed by atoms with Crippen LogP contribution in [0.2, 0.25) is 5.02 Å². The Bertz CT molecular complexity index is 659. The number of hydrogen-bond acceptors (Lipinski definition) is 3. The van der Waals surface area contributed by atoms with E-state index in [9.17, 15) is 4.79 Å². The van der Waals surface area contributed by atoms with Crippen molar-refractivity contribution in [2.75, 3.05) is 23.8 Å². The van der Waals surface area contributed by atoms with Crippen molar-refractivity contribution in [3.63, 3.8) is 0 Å². The molecule has 0 bridgehead atoms. The minimum Gasteiger partial charge on any atom is -0.493 e. The third kappa shape index (κ3) is 5.83. The van der Waals surface area contributed by atoms with Crippen molar-refractivity contribution >= 4 is 28.9 Å². The molecule has 0 unspecified atom stereocenters. The SMILES string of the molecule is CC(C)COc1cccc(NCC(=O)Nc2ccccc2Cl)c1. The van der Waals surface area contributed by atoms with Crippen LogP contribution in [0.25, 0.3) is 0 Å². The predicted molar refractivity (Wildman–Crippen MR) is 95.3 cm³/mol. The van der Waals surface area contributed by atoms with Crippen molar-refractivity contribution in [3.8, 4) is 5.75 Å². The van der Waals surface area contributed by atoms with E-state index in [-0.39, 0.29) is 12.5 Å². The zero-order chi connectivity index (χ0) is 16.7. The quantitative estimate of drug-likeness (QED) is 0.788. The van der Waals surface area contributed by atoms with Gasteiger partial charge in [-0.15, -0.1) is 0 Å². The average Bonchev–Trinajstić information content (AvgIpc) is 2.54. The summed E-state index contributed by atoms with van der Waals surface area (Å²) >= 11 is 6.01. The van der Waals surface area contributed by atoms with Gasteiger partial charge in [0.15, 0.2) is 0 Å². The molecule has 0 fully saturated rings. The first-order valence-electron chi connectivity index (χ1n) is 7.55. The average molecular weight is 333 g/mol. The van der Waals surface area contributed by atoms with Crippen LogP contribution in [-0.2, 0) is 4.79 Å². The number of halogens is 1. The van der Waals surface area contributed by atoms with Gasteiger partial charge in [-0.1, -0.05) is 43.6 Å². The number of rotatable bonds is 7. The topological polar surface area (TPSA) is 50.4 Å². The van der Waals surface area contributed by atoms with E-state index < -0.39 is 0 Å². The number of amides is 1. The lowest BCUT2D eigenvalue weighted by Gasteiger charge is -2.11. The molecule has 5 heteroatoms. The Kier molecular flexibility index (Phi) is 6.29. The molecule has 0 saturated carbocycles. The highest BCUT2D eigenvalue weighted by molar-refractivity contribution is 6.33. The highest BCUT2D eigenvalue weighted by Crippen LogP contribution is 2.21. The zero-order valence-electron chi connectivity index (χ0n) is 13.3. The number of hydrogen-bond donors (Lipinski definition) is 2. The van der Waals surface area contributed by atoms with Gasteiger partial charge in [0.05, 0.1) is 23.9 Å². The molecule has 2 aromatic carbocycles. The summed E-state index contributed by atoms with van der Waals surface area (Å²) < 4.78 is 5.67. The normalized spacial score (nSPS) is 10.4. The molecule has 2 aromatic rings. The maximum absolute atomic E-state index is 12.0. The van der Waals surface area contributed by atoms with Gasteiger partial charge >= 0.3 is 0 Å². The van der Waals surface area contributed by atoms with Gasteiger partial charge in [-0.3, -0.25) is 4.79 Å². The summed E-state index contributed by atoms with van der Waals surface area (Å²) in [5, 5.41) is 6.37. The molecule has 23 heavy (non-hydrogen) atoms. The first-order chi connectivity index (χ1) is 11.0. The maximum atomic E-state index is 12.0. The third-order valence-corrected chi connectivity index (χ3v) is 3.35. The first kappa shape index (κ1) is 17.2. The van der Waals surface area contributed by atoms with Crippen molar-refractivity contribution in [1.29, 1.82) is 0 Å². The summed E-state index contributed by atoms with van der Waals surface area (Å²) in [6.07, 6.45) is 0. The molecule has 0 saturated heterocycles. The van der Waals surface area contributed by atoms with Crippen molar-refractivity contribution in [3.05, 3.63) is 53.6 Å². The van der Waals surface area contributed by atoms with Crippen LogP contribution >= 0.6 is 11.6 Å². The largest absolute Gasteiger partial charge is 0.493 e. The summed E-state index contributed by atoms with van der Waals surface area (Å²) in [5.41, 5.74) is 1.44. The molecule has 0 radical (unpaired) electrons. The highest BCUT2D eigenvalue weighted by atomic mass is 35.5. The molecule has 0 spiro atoms. The van der Waals surface area contributed by atoms with E-state index >= 15 is 0 Å².